The first-order valence-electron chi connectivity index (χ1n) is 5.81. The Balaban J connectivity index is 2.88. The summed E-state index contributed by atoms with van der Waals surface area (Å²) in [6.45, 7) is 1.60. The molecule has 0 heterocycles. The molecular weight excluding hydrogens is 244 g/mol. The second kappa shape index (κ2) is 7.19. The van der Waals surface area contributed by atoms with Crippen LogP contribution in [0.2, 0.25) is 0 Å². The first-order chi connectivity index (χ1) is 9.04. The Morgan fingerprint density at radius 2 is 2.16 bits per heavy atom. The van der Waals surface area contributed by atoms with E-state index < -0.39 is 5.91 Å². The fourth-order valence-corrected chi connectivity index (χ4v) is 1.43. The highest BCUT2D eigenvalue weighted by Gasteiger charge is 2.09. The topological polar surface area (TPSA) is 92.4 Å². The number of carbonyl (C=O) groups is 2. The van der Waals surface area contributed by atoms with Crippen molar-refractivity contribution in [1.29, 1.82) is 0 Å². The highest BCUT2D eigenvalue weighted by molar-refractivity contribution is 5.97. The van der Waals surface area contributed by atoms with E-state index in [-0.39, 0.29) is 19.1 Å². The molecule has 0 aliphatic rings. The van der Waals surface area contributed by atoms with E-state index in [4.69, 9.17) is 10.8 Å². The summed E-state index contributed by atoms with van der Waals surface area (Å²) >= 11 is 0. The number of aliphatic hydroxyl groups is 1. The lowest BCUT2D eigenvalue weighted by atomic mass is 10.0. The van der Waals surface area contributed by atoms with Gasteiger partial charge in [-0.05, 0) is 24.6 Å². The number of nitrogens with one attached hydrogen (secondary N) is 1. The predicted molar refractivity (Wildman–Crippen MR) is 71.3 cm³/mol. The van der Waals surface area contributed by atoms with Gasteiger partial charge in [0.05, 0.1) is 13.2 Å². The number of primary amides is 1. The van der Waals surface area contributed by atoms with Crippen LogP contribution >= 0.6 is 0 Å². The zero-order chi connectivity index (χ0) is 14.3. The van der Waals surface area contributed by atoms with Crippen LogP contribution in [0, 0.1) is 18.8 Å². The lowest BCUT2D eigenvalue weighted by Crippen LogP contribution is -2.33. The van der Waals surface area contributed by atoms with Crippen molar-refractivity contribution in [3.05, 3.63) is 34.9 Å². The van der Waals surface area contributed by atoms with Crippen LogP contribution in [0.25, 0.3) is 0 Å². The maximum atomic E-state index is 11.8. The molecule has 5 nitrogen and oxygen atoms in total. The number of rotatable bonds is 4. The number of amides is 2. The molecule has 0 aliphatic carbocycles. The van der Waals surface area contributed by atoms with E-state index in [9.17, 15) is 9.59 Å². The van der Waals surface area contributed by atoms with Gasteiger partial charge in [0.15, 0.2) is 0 Å². The van der Waals surface area contributed by atoms with Gasteiger partial charge >= 0.3 is 0 Å². The molecule has 0 unspecified atom stereocenters. The Kier molecular flexibility index (Phi) is 5.58. The monoisotopic (exact) mass is 260 g/mol. The summed E-state index contributed by atoms with van der Waals surface area (Å²) in [5, 5.41) is 11.1. The maximum absolute atomic E-state index is 11.8. The van der Waals surface area contributed by atoms with Gasteiger partial charge in [-0.3, -0.25) is 9.59 Å². The van der Waals surface area contributed by atoms with Crippen LogP contribution in [0.3, 0.4) is 0 Å². The quantitative estimate of drug-likeness (QED) is 0.662. The van der Waals surface area contributed by atoms with Crippen molar-refractivity contribution in [2.75, 3.05) is 13.2 Å². The van der Waals surface area contributed by atoms with Gasteiger partial charge < -0.3 is 16.2 Å². The first kappa shape index (κ1) is 14.7. The lowest BCUT2D eigenvalue weighted by Gasteiger charge is -2.06. The predicted octanol–water partition coefficient (Wildman–Crippen LogP) is -0.0560. The molecule has 0 saturated carbocycles. The summed E-state index contributed by atoms with van der Waals surface area (Å²) in [5.41, 5.74) is 6.89. The number of carbonyl (C=O) groups excluding carboxylic acids is 2. The van der Waals surface area contributed by atoms with Gasteiger partial charge in [-0.15, -0.1) is 0 Å². The van der Waals surface area contributed by atoms with E-state index >= 15 is 0 Å². The molecule has 19 heavy (non-hydrogen) atoms. The molecule has 0 bridgehead atoms. The maximum Gasteiger partial charge on any atom is 0.252 e. The van der Waals surface area contributed by atoms with Crippen molar-refractivity contribution in [2.24, 2.45) is 5.73 Å². The summed E-state index contributed by atoms with van der Waals surface area (Å²) in [7, 11) is 0. The molecule has 0 aliphatic heterocycles. The SMILES string of the molecule is Cc1ccc(C#CCCO)cc1C(=O)NCC(N)=O. The van der Waals surface area contributed by atoms with Crippen molar-refractivity contribution in [3.63, 3.8) is 0 Å². The summed E-state index contributed by atoms with van der Waals surface area (Å²) in [6, 6.07) is 5.22. The Morgan fingerprint density at radius 3 is 2.79 bits per heavy atom. The summed E-state index contributed by atoms with van der Waals surface area (Å²) in [5.74, 6) is 4.68. The Labute approximate surface area is 111 Å². The molecule has 0 saturated heterocycles. The van der Waals surface area contributed by atoms with Crippen LogP contribution in [-0.4, -0.2) is 30.1 Å². The summed E-state index contributed by atoms with van der Waals surface area (Å²) in [4.78, 5) is 22.5. The minimum atomic E-state index is -0.593. The minimum absolute atomic E-state index is 0.00478. The van der Waals surface area contributed by atoms with Gasteiger partial charge in [0.25, 0.3) is 5.91 Å². The molecule has 1 aromatic carbocycles. The Morgan fingerprint density at radius 1 is 1.42 bits per heavy atom. The van der Waals surface area contributed by atoms with E-state index in [1.54, 1.807) is 25.1 Å². The van der Waals surface area contributed by atoms with Crippen molar-refractivity contribution >= 4 is 11.8 Å². The molecular formula is C14H16N2O3. The van der Waals surface area contributed by atoms with Crippen LogP contribution in [0.5, 0.6) is 0 Å². The molecule has 0 fully saturated rings. The van der Waals surface area contributed by atoms with E-state index in [2.05, 4.69) is 17.2 Å². The van der Waals surface area contributed by atoms with Gasteiger partial charge in [-0.1, -0.05) is 17.9 Å². The van der Waals surface area contributed by atoms with Crippen molar-refractivity contribution in [2.45, 2.75) is 13.3 Å². The molecule has 0 atom stereocenters. The third-order valence-corrected chi connectivity index (χ3v) is 2.37. The number of benzene rings is 1. The van der Waals surface area contributed by atoms with Crippen LogP contribution in [-0.2, 0) is 4.79 Å². The fourth-order valence-electron chi connectivity index (χ4n) is 1.43. The number of nitrogens with two attached hydrogens (primary N) is 1. The molecule has 1 aromatic rings. The van der Waals surface area contributed by atoms with E-state index in [0.29, 0.717) is 17.5 Å². The molecule has 1 rings (SSSR count). The number of hydrogen-bond acceptors (Lipinski definition) is 3. The van der Waals surface area contributed by atoms with E-state index in [1.807, 2.05) is 0 Å². The average molecular weight is 260 g/mol. The standard InChI is InChI=1S/C14H16N2O3/c1-10-5-6-11(4-2-3-7-17)8-12(10)14(19)16-9-13(15)18/h5-6,8,17H,3,7,9H2,1H3,(H2,15,18)(H,16,19). The highest BCUT2D eigenvalue weighted by atomic mass is 16.2. The third-order valence-electron chi connectivity index (χ3n) is 2.37. The van der Waals surface area contributed by atoms with Gasteiger partial charge in [0.2, 0.25) is 5.91 Å². The Hall–Kier alpha value is -2.32. The summed E-state index contributed by atoms with van der Waals surface area (Å²) in [6.07, 6.45) is 0.386. The number of aliphatic hydroxyl groups excluding tert-OH is 1. The van der Waals surface area contributed by atoms with E-state index in [0.717, 1.165) is 5.56 Å². The number of hydrogen-bond donors (Lipinski definition) is 3. The second-order valence-electron chi connectivity index (χ2n) is 3.95. The highest BCUT2D eigenvalue weighted by Crippen LogP contribution is 2.10. The molecule has 5 heteroatoms. The van der Waals surface area contributed by atoms with Crippen LogP contribution < -0.4 is 11.1 Å². The Bertz CT molecular complexity index is 541. The average Bonchev–Trinajstić information content (AvgIpc) is 2.38. The summed E-state index contributed by atoms with van der Waals surface area (Å²) < 4.78 is 0. The lowest BCUT2D eigenvalue weighted by molar-refractivity contribution is -0.117. The van der Waals surface area contributed by atoms with E-state index in [1.165, 1.54) is 0 Å². The third kappa shape index (κ3) is 4.82. The van der Waals surface area contributed by atoms with Crippen molar-refractivity contribution < 1.29 is 14.7 Å². The van der Waals surface area contributed by atoms with Crippen molar-refractivity contribution in [1.82, 2.24) is 5.32 Å². The zero-order valence-electron chi connectivity index (χ0n) is 10.7. The van der Waals surface area contributed by atoms with Crippen LogP contribution in [0.15, 0.2) is 18.2 Å². The van der Waals surface area contributed by atoms with Crippen LogP contribution in [0.4, 0.5) is 0 Å². The molecule has 2 amide bonds. The van der Waals surface area contributed by atoms with Gasteiger partial charge in [0, 0.05) is 17.5 Å². The fraction of sp³-hybridized carbons (Fsp3) is 0.286. The minimum Gasteiger partial charge on any atom is -0.395 e. The first-order valence-corrected chi connectivity index (χ1v) is 5.81. The van der Waals surface area contributed by atoms with Crippen molar-refractivity contribution in [3.8, 4) is 11.8 Å². The largest absolute Gasteiger partial charge is 0.395 e. The second-order valence-corrected chi connectivity index (χ2v) is 3.95. The van der Waals surface area contributed by atoms with Gasteiger partial charge in [0.1, 0.15) is 0 Å². The van der Waals surface area contributed by atoms with Gasteiger partial charge in [-0.25, -0.2) is 0 Å². The molecule has 4 N–H and O–H groups in total. The zero-order valence-corrected chi connectivity index (χ0v) is 10.7. The normalized spacial score (nSPS) is 9.37. The molecule has 0 radical (unpaired) electrons. The van der Waals surface area contributed by atoms with Crippen LogP contribution in [0.1, 0.15) is 27.9 Å². The molecule has 0 aromatic heterocycles. The smallest absolute Gasteiger partial charge is 0.252 e. The molecule has 100 valence electrons. The van der Waals surface area contributed by atoms with Gasteiger partial charge in [-0.2, -0.15) is 0 Å². The number of aryl methyl sites for hydroxylation is 1. The molecule has 0 spiro atoms.